The van der Waals surface area contributed by atoms with Crippen molar-refractivity contribution in [3.8, 4) is 0 Å². The lowest BCUT2D eigenvalue weighted by molar-refractivity contribution is -0.148. The number of likely N-dealkylation sites (N-methyl/N-ethyl adjacent to an activating group) is 1. The second-order valence-electron chi connectivity index (χ2n) is 6.98. The molecule has 0 radical (unpaired) electrons. The minimum atomic E-state index is -4.20. The van der Waals surface area contributed by atoms with E-state index in [2.05, 4.69) is 20.0 Å². The zero-order valence-electron chi connectivity index (χ0n) is 18.1. The number of H-pyrrole nitrogens is 1. The second kappa shape index (κ2) is 12.1. The van der Waals surface area contributed by atoms with Gasteiger partial charge in [-0.15, -0.1) is 0 Å². The molecule has 5 N–H and O–H groups in total. The molecule has 1 aromatic heterocycles. The molecule has 182 valence electrons. The van der Waals surface area contributed by atoms with Crippen LogP contribution in [0.25, 0.3) is 0 Å². The van der Waals surface area contributed by atoms with Gasteiger partial charge in [0.15, 0.2) is 5.95 Å². The van der Waals surface area contributed by atoms with Crippen LogP contribution in [-0.2, 0) is 24.3 Å². The number of aromatic nitrogens is 2. The van der Waals surface area contributed by atoms with Gasteiger partial charge in [0.25, 0.3) is 0 Å². The summed E-state index contributed by atoms with van der Waals surface area (Å²) < 4.78 is 33.2. The Kier molecular flexibility index (Phi) is 9.77. The lowest BCUT2D eigenvalue weighted by Crippen LogP contribution is -2.48. The van der Waals surface area contributed by atoms with Crippen LogP contribution in [0, 0.1) is 0 Å². The summed E-state index contributed by atoms with van der Waals surface area (Å²) in [5.74, 6) is -0.659. The molecule has 0 spiro atoms. The van der Waals surface area contributed by atoms with Crippen molar-refractivity contribution in [2.45, 2.75) is 30.7 Å². The van der Waals surface area contributed by atoms with Gasteiger partial charge in [0.1, 0.15) is 12.6 Å². The molecule has 2 rings (SSSR count). The maximum absolute atomic E-state index is 13.0. The van der Waals surface area contributed by atoms with Gasteiger partial charge in [-0.05, 0) is 31.9 Å². The van der Waals surface area contributed by atoms with E-state index in [1.807, 2.05) is 0 Å². The third kappa shape index (κ3) is 7.77. The molecule has 14 heteroatoms. The number of nitrogens with zero attached hydrogens (tertiary/aromatic N) is 2. The Morgan fingerprint density at radius 2 is 1.97 bits per heavy atom. The summed E-state index contributed by atoms with van der Waals surface area (Å²) in [5.41, 5.74) is 5.72. The maximum Gasteiger partial charge on any atom is 0.325 e. The van der Waals surface area contributed by atoms with E-state index < -0.39 is 27.9 Å². The number of anilines is 2. The van der Waals surface area contributed by atoms with Crippen LogP contribution in [0.2, 0.25) is 10.0 Å². The standard InChI is InChI=1S/C19H26Cl2N6O5S/c1-3-32-16(28)11-27(2)18(29)15(5-4-6-23-19-24-7-8-25-19)26-33(30,31)12-9-13(20)17(22)14(21)10-12/h7-10,15,26H,3-6,11,22H2,1-2H3,(H2,23,24,25)/t15-/m0/s1. The van der Waals surface area contributed by atoms with Crippen molar-refractivity contribution in [3.05, 3.63) is 34.6 Å². The molecule has 11 nitrogen and oxygen atoms in total. The normalized spacial score (nSPS) is 12.2. The molecule has 1 heterocycles. The minimum absolute atomic E-state index is 0.0344. The minimum Gasteiger partial charge on any atom is -0.465 e. The number of aromatic amines is 1. The largest absolute Gasteiger partial charge is 0.465 e. The quantitative estimate of drug-likeness (QED) is 0.187. The average molecular weight is 521 g/mol. The number of amides is 1. The highest BCUT2D eigenvalue weighted by molar-refractivity contribution is 7.89. The van der Waals surface area contributed by atoms with E-state index in [1.54, 1.807) is 19.3 Å². The van der Waals surface area contributed by atoms with Gasteiger partial charge < -0.3 is 25.7 Å². The van der Waals surface area contributed by atoms with Crippen molar-refractivity contribution in [2.75, 3.05) is 37.8 Å². The van der Waals surface area contributed by atoms with Crippen LogP contribution < -0.4 is 15.8 Å². The zero-order chi connectivity index (χ0) is 24.6. The fourth-order valence-corrected chi connectivity index (χ4v) is 4.72. The number of carbonyl (C=O) groups excluding carboxylic acids is 2. The Bertz CT molecular complexity index is 1040. The van der Waals surface area contributed by atoms with Gasteiger partial charge >= 0.3 is 5.97 Å². The van der Waals surface area contributed by atoms with Crippen LogP contribution in [0.3, 0.4) is 0 Å². The Hall–Kier alpha value is -2.54. The number of ether oxygens (including phenoxy) is 1. The van der Waals surface area contributed by atoms with Gasteiger partial charge in [0.2, 0.25) is 15.9 Å². The van der Waals surface area contributed by atoms with Crippen molar-refractivity contribution >= 4 is 56.7 Å². The first-order chi connectivity index (χ1) is 15.5. The molecule has 0 aliphatic carbocycles. The van der Waals surface area contributed by atoms with Crippen molar-refractivity contribution in [3.63, 3.8) is 0 Å². The fourth-order valence-electron chi connectivity index (χ4n) is 2.82. The topological polar surface area (TPSA) is 160 Å². The summed E-state index contributed by atoms with van der Waals surface area (Å²) in [6, 6.07) is 1.13. The zero-order valence-corrected chi connectivity index (χ0v) is 20.4. The Morgan fingerprint density at radius 3 is 2.55 bits per heavy atom. The Morgan fingerprint density at radius 1 is 1.30 bits per heavy atom. The third-order valence-electron chi connectivity index (χ3n) is 4.47. The van der Waals surface area contributed by atoms with Crippen LogP contribution in [0.4, 0.5) is 11.6 Å². The first-order valence-corrected chi connectivity index (χ1v) is 12.2. The molecule has 0 aliphatic rings. The number of carbonyl (C=O) groups is 2. The van der Waals surface area contributed by atoms with Gasteiger partial charge in [-0.25, -0.2) is 13.4 Å². The summed E-state index contributed by atoms with van der Waals surface area (Å²) in [5, 5.41) is 2.95. The number of hydrogen-bond acceptors (Lipinski definition) is 8. The number of nitrogens with two attached hydrogens (primary N) is 1. The lowest BCUT2D eigenvalue weighted by Gasteiger charge is -2.24. The van der Waals surface area contributed by atoms with Crippen LogP contribution in [0.15, 0.2) is 29.4 Å². The molecule has 0 unspecified atom stereocenters. The molecular weight excluding hydrogens is 495 g/mol. The number of benzene rings is 1. The lowest BCUT2D eigenvalue weighted by atomic mass is 10.1. The number of esters is 1. The molecule has 0 saturated carbocycles. The first-order valence-electron chi connectivity index (χ1n) is 9.95. The number of hydrogen-bond donors (Lipinski definition) is 4. The number of nitrogen functional groups attached to an aromatic ring is 1. The molecule has 0 aliphatic heterocycles. The van der Waals surface area contributed by atoms with Crippen molar-refractivity contribution in [1.29, 1.82) is 0 Å². The van der Waals surface area contributed by atoms with E-state index in [0.29, 0.717) is 18.9 Å². The van der Waals surface area contributed by atoms with E-state index in [9.17, 15) is 18.0 Å². The van der Waals surface area contributed by atoms with Crippen LogP contribution >= 0.6 is 23.2 Å². The third-order valence-corrected chi connectivity index (χ3v) is 6.54. The van der Waals surface area contributed by atoms with E-state index in [0.717, 1.165) is 17.0 Å². The number of sulfonamides is 1. The van der Waals surface area contributed by atoms with Gasteiger partial charge in [-0.2, -0.15) is 4.72 Å². The van der Waals surface area contributed by atoms with Gasteiger partial charge in [0, 0.05) is 26.0 Å². The van der Waals surface area contributed by atoms with Crippen LogP contribution in [0.1, 0.15) is 19.8 Å². The fraction of sp³-hybridized carbons (Fsp3) is 0.421. The average Bonchev–Trinajstić information content (AvgIpc) is 3.26. The summed E-state index contributed by atoms with van der Waals surface area (Å²) >= 11 is 11.9. The molecule has 0 saturated heterocycles. The molecule has 1 atom stereocenters. The smallest absolute Gasteiger partial charge is 0.325 e. The number of rotatable bonds is 12. The van der Waals surface area contributed by atoms with Crippen molar-refractivity contribution < 1.29 is 22.7 Å². The Labute approximate surface area is 202 Å². The molecule has 1 amide bonds. The molecule has 0 bridgehead atoms. The van der Waals surface area contributed by atoms with E-state index in [1.165, 1.54) is 7.05 Å². The first kappa shape index (κ1) is 26.7. The van der Waals surface area contributed by atoms with E-state index >= 15 is 0 Å². The summed E-state index contributed by atoms with van der Waals surface area (Å²) in [4.78, 5) is 32.5. The SMILES string of the molecule is CCOC(=O)CN(C)C(=O)[C@H](CCCNc1ncc[nH]1)NS(=O)(=O)c1cc(Cl)c(N)c(Cl)c1. The van der Waals surface area contributed by atoms with Crippen LogP contribution in [0.5, 0.6) is 0 Å². The van der Waals surface area contributed by atoms with E-state index in [-0.39, 0.29) is 40.2 Å². The van der Waals surface area contributed by atoms with Crippen LogP contribution in [-0.4, -0.2) is 67.9 Å². The van der Waals surface area contributed by atoms with Gasteiger partial charge in [-0.1, -0.05) is 23.2 Å². The monoisotopic (exact) mass is 520 g/mol. The van der Waals surface area contributed by atoms with Gasteiger partial charge in [0.05, 0.1) is 27.2 Å². The highest BCUT2D eigenvalue weighted by atomic mass is 35.5. The second-order valence-corrected chi connectivity index (χ2v) is 9.51. The highest BCUT2D eigenvalue weighted by Gasteiger charge is 2.29. The highest BCUT2D eigenvalue weighted by Crippen LogP contribution is 2.30. The van der Waals surface area contributed by atoms with E-state index in [4.69, 9.17) is 33.7 Å². The molecular formula is C19H26Cl2N6O5S. The van der Waals surface area contributed by atoms with Crippen molar-refractivity contribution in [1.82, 2.24) is 19.6 Å². The molecule has 33 heavy (non-hydrogen) atoms. The predicted octanol–water partition coefficient (Wildman–Crippen LogP) is 1.86. The molecule has 0 fully saturated rings. The molecule has 2 aromatic rings. The maximum atomic E-state index is 13.0. The number of imidazole rings is 1. The predicted molar refractivity (Wildman–Crippen MR) is 126 cm³/mol. The van der Waals surface area contributed by atoms with Crippen molar-refractivity contribution in [2.24, 2.45) is 0 Å². The summed E-state index contributed by atoms with van der Waals surface area (Å²) in [6.07, 6.45) is 3.78. The summed E-state index contributed by atoms with van der Waals surface area (Å²) in [6.45, 7) is 1.90. The summed E-state index contributed by atoms with van der Waals surface area (Å²) in [7, 11) is -2.81. The van der Waals surface area contributed by atoms with Gasteiger partial charge in [-0.3, -0.25) is 9.59 Å². The molecule has 1 aromatic carbocycles. The Balaban J connectivity index is 2.17. The number of nitrogens with one attached hydrogen (secondary N) is 3. The number of halogens is 2.